The minimum Gasteiger partial charge on any atom is -0.382 e. The van der Waals surface area contributed by atoms with Crippen LogP contribution in [0.4, 0.5) is 5.82 Å². The van der Waals surface area contributed by atoms with Gasteiger partial charge in [-0.2, -0.15) is 5.10 Å². The van der Waals surface area contributed by atoms with Crippen LogP contribution < -0.4 is 5.73 Å². The zero-order valence-corrected chi connectivity index (χ0v) is 11.4. The molecule has 19 heavy (non-hydrogen) atoms. The number of hydrogen-bond donors (Lipinski definition) is 2. The fourth-order valence-corrected chi connectivity index (χ4v) is 3.12. The number of rotatable bonds is 3. The van der Waals surface area contributed by atoms with Gasteiger partial charge < -0.3 is 5.73 Å². The van der Waals surface area contributed by atoms with Gasteiger partial charge in [0.25, 0.3) is 0 Å². The van der Waals surface area contributed by atoms with Gasteiger partial charge in [0.2, 0.25) is 0 Å². The predicted molar refractivity (Wildman–Crippen MR) is 78.9 cm³/mol. The summed E-state index contributed by atoms with van der Waals surface area (Å²) in [5.74, 6) is 0.490. The summed E-state index contributed by atoms with van der Waals surface area (Å²) >= 11 is 1.69. The van der Waals surface area contributed by atoms with Crippen molar-refractivity contribution < 1.29 is 0 Å². The molecule has 0 saturated carbocycles. The fourth-order valence-electron chi connectivity index (χ4n) is 2.12. The van der Waals surface area contributed by atoms with E-state index in [4.69, 9.17) is 5.73 Å². The molecule has 0 saturated heterocycles. The summed E-state index contributed by atoms with van der Waals surface area (Å²) in [4.78, 5) is 5.56. The van der Waals surface area contributed by atoms with Gasteiger partial charge in [-0.25, -0.2) is 0 Å². The summed E-state index contributed by atoms with van der Waals surface area (Å²) in [7, 11) is 0. The van der Waals surface area contributed by atoms with Crippen molar-refractivity contribution in [2.24, 2.45) is 0 Å². The van der Waals surface area contributed by atoms with E-state index < -0.39 is 0 Å². The SMILES string of the molecule is CCc1ccsc1-c1[nH]nc(N)c1-c1ccccn1. The highest BCUT2D eigenvalue weighted by Crippen LogP contribution is 2.37. The number of aromatic nitrogens is 3. The van der Waals surface area contributed by atoms with Crippen LogP contribution in [-0.4, -0.2) is 15.2 Å². The molecular weight excluding hydrogens is 256 g/mol. The fraction of sp³-hybridized carbons (Fsp3) is 0.143. The Bertz CT molecular complexity index is 685. The molecule has 0 radical (unpaired) electrons. The second-order valence-corrected chi connectivity index (χ2v) is 5.12. The van der Waals surface area contributed by atoms with Gasteiger partial charge in [0, 0.05) is 6.20 Å². The lowest BCUT2D eigenvalue weighted by Gasteiger charge is -2.04. The number of thiophene rings is 1. The molecule has 0 aromatic carbocycles. The third-order valence-electron chi connectivity index (χ3n) is 3.07. The Morgan fingerprint density at radius 1 is 1.32 bits per heavy atom. The maximum Gasteiger partial charge on any atom is 0.155 e. The van der Waals surface area contributed by atoms with Gasteiger partial charge in [-0.05, 0) is 35.6 Å². The molecule has 3 N–H and O–H groups in total. The van der Waals surface area contributed by atoms with Crippen LogP contribution in [0.5, 0.6) is 0 Å². The Labute approximate surface area is 115 Å². The first-order chi connectivity index (χ1) is 9.31. The number of nitrogen functional groups attached to an aromatic ring is 1. The molecule has 0 aliphatic carbocycles. The summed E-state index contributed by atoms with van der Waals surface area (Å²) in [5.41, 5.74) is 9.98. The first-order valence-electron chi connectivity index (χ1n) is 6.13. The number of anilines is 1. The molecule has 0 aliphatic heterocycles. The van der Waals surface area contributed by atoms with E-state index in [2.05, 4.69) is 33.6 Å². The van der Waals surface area contributed by atoms with Crippen LogP contribution in [0.1, 0.15) is 12.5 Å². The number of nitrogens with one attached hydrogen (secondary N) is 1. The van der Waals surface area contributed by atoms with Crippen molar-refractivity contribution in [3.8, 4) is 21.8 Å². The van der Waals surface area contributed by atoms with Gasteiger partial charge in [0.1, 0.15) is 0 Å². The normalized spacial score (nSPS) is 10.8. The second kappa shape index (κ2) is 4.85. The molecule has 0 amide bonds. The molecule has 96 valence electrons. The number of nitrogens with two attached hydrogens (primary N) is 1. The molecule has 3 heterocycles. The van der Waals surface area contributed by atoms with Gasteiger partial charge in [0.15, 0.2) is 5.82 Å². The zero-order valence-electron chi connectivity index (χ0n) is 10.6. The van der Waals surface area contributed by atoms with Crippen molar-refractivity contribution in [1.82, 2.24) is 15.2 Å². The van der Waals surface area contributed by atoms with Crippen molar-refractivity contribution in [1.29, 1.82) is 0 Å². The van der Waals surface area contributed by atoms with Crippen LogP contribution in [-0.2, 0) is 6.42 Å². The van der Waals surface area contributed by atoms with Crippen LogP contribution in [0.2, 0.25) is 0 Å². The maximum absolute atomic E-state index is 5.99. The van der Waals surface area contributed by atoms with Crippen LogP contribution in [0, 0.1) is 0 Å². The second-order valence-electron chi connectivity index (χ2n) is 4.20. The average molecular weight is 270 g/mol. The molecule has 0 atom stereocenters. The zero-order chi connectivity index (χ0) is 13.2. The summed E-state index contributed by atoms with van der Waals surface area (Å²) in [6.07, 6.45) is 2.75. The summed E-state index contributed by atoms with van der Waals surface area (Å²) in [6.45, 7) is 2.14. The lowest BCUT2D eigenvalue weighted by Crippen LogP contribution is -1.90. The van der Waals surface area contributed by atoms with E-state index in [1.807, 2.05) is 18.2 Å². The van der Waals surface area contributed by atoms with Crippen molar-refractivity contribution in [3.05, 3.63) is 41.4 Å². The van der Waals surface area contributed by atoms with Gasteiger partial charge in [-0.3, -0.25) is 10.1 Å². The van der Waals surface area contributed by atoms with Crippen LogP contribution in [0.3, 0.4) is 0 Å². The van der Waals surface area contributed by atoms with E-state index in [9.17, 15) is 0 Å². The Balaban J connectivity index is 2.20. The Hall–Kier alpha value is -2.14. The molecule has 0 fully saturated rings. The van der Waals surface area contributed by atoms with E-state index in [0.717, 1.165) is 23.4 Å². The highest BCUT2D eigenvalue weighted by molar-refractivity contribution is 7.13. The van der Waals surface area contributed by atoms with E-state index in [-0.39, 0.29) is 0 Å². The first kappa shape index (κ1) is 11.9. The molecule has 0 spiro atoms. The third kappa shape index (κ3) is 2.02. The number of aryl methyl sites for hydroxylation is 1. The summed E-state index contributed by atoms with van der Waals surface area (Å²) in [5, 5.41) is 9.28. The van der Waals surface area contributed by atoms with Gasteiger partial charge in [-0.1, -0.05) is 13.0 Å². The Kier molecular flexibility index (Phi) is 3.05. The average Bonchev–Trinajstić information content (AvgIpc) is 3.05. The Morgan fingerprint density at radius 2 is 2.21 bits per heavy atom. The van der Waals surface area contributed by atoms with Gasteiger partial charge in [0.05, 0.1) is 21.8 Å². The number of nitrogens with zero attached hydrogens (tertiary/aromatic N) is 2. The smallest absolute Gasteiger partial charge is 0.155 e. The summed E-state index contributed by atoms with van der Waals surface area (Å²) < 4.78 is 0. The highest BCUT2D eigenvalue weighted by atomic mass is 32.1. The molecule has 3 aromatic rings. The van der Waals surface area contributed by atoms with Crippen molar-refractivity contribution in [2.45, 2.75) is 13.3 Å². The molecule has 4 nitrogen and oxygen atoms in total. The molecule has 5 heteroatoms. The Morgan fingerprint density at radius 3 is 2.95 bits per heavy atom. The predicted octanol–water partition coefficient (Wildman–Crippen LogP) is 3.34. The monoisotopic (exact) mass is 270 g/mol. The van der Waals surface area contributed by atoms with Crippen molar-refractivity contribution in [2.75, 3.05) is 5.73 Å². The minimum atomic E-state index is 0.490. The first-order valence-corrected chi connectivity index (χ1v) is 7.01. The largest absolute Gasteiger partial charge is 0.382 e. The van der Waals surface area contributed by atoms with E-state index >= 15 is 0 Å². The number of H-pyrrole nitrogens is 1. The molecular formula is C14H14N4S. The standard InChI is InChI=1S/C14H14N4S/c1-2-9-6-8-19-13(9)12-11(14(15)18-17-12)10-5-3-4-7-16-10/h3-8H,2H2,1H3,(H3,15,17,18). The van der Waals surface area contributed by atoms with Crippen molar-refractivity contribution >= 4 is 17.2 Å². The van der Waals surface area contributed by atoms with Crippen LogP contribution in [0.25, 0.3) is 21.8 Å². The van der Waals surface area contributed by atoms with Gasteiger partial charge in [-0.15, -0.1) is 11.3 Å². The van der Waals surface area contributed by atoms with Gasteiger partial charge >= 0.3 is 0 Å². The molecule has 3 rings (SSSR count). The number of pyridine rings is 1. The lowest BCUT2D eigenvalue weighted by atomic mass is 10.1. The van der Waals surface area contributed by atoms with E-state index in [1.54, 1.807) is 17.5 Å². The van der Waals surface area contributed by atoms with Crippen molar-refractivity contribution in [3.63, 3.8) is 0 Å². The molecule has 0 bridgehead atoms. The maximum atomic E-state index is 5.99. The minimum absolute atomic E-state index is 0.490. The molecule has 0 aliphatic rings. The number of hydrogen-bond acceptors (Lipinski definition) is 4. The third-order valence-corrected chi connectivity index (χ3v) is 4.04. The molecule has 3 aromatic heterocycles. The summed E-state index contributed by atoms with van der Waals surface area (Å²) in [6, 6.07) is 7.93. The molecule has 0 unspecified atom stereocenters. The topological polar surface area (TPSA) is 67.6 Å². The van der Waals surface area contributed by atoms with E-state index in [1.165, 1.54) is 10.4 Å². The van der Waals surface area contributed by atoms with Crippen LogP contribution in [0.15, 0.2) is 35.8 Å². The number of aromatic amines is 1. The lowest BCUT2D eigenvalue weighted by molar-refractivity contribution is 1.10. The highest BCUT2D eigenvalue weighted by Gasteiger charge is 2.18. The van der Waals surface area contributed by atoms with E-state index in [0.29, 0.717) is 5.82 Å². The quantitative estimate of drug-likeness (QED) is 0.767. The van der Waals surface area contributed by atoms with Crippen LogP contribution >= 0.6 is 11.3 Å².